The molecule has 0 radical (unpaired) electrons. The highest BCUT2D eigenvalue weighted by Gasteiger charge is 2.21. The number of aliphatic hydroxyl groups is 2. The van der Waals surface area contributed by atoms with Gasteiger partial charge in [-0.05, 0) is 63.2 Å². The molecule has 0 aromatic heterocycles. The highest BCUT2D eigenvalue weighted by atomic mass is 16.3. The minimum atomic E-state index is -1.01. The molecule has 0 heterocycles. The third-order valence-corrected chi connectivity index (χ3v) is 6.28. The molecule has 0 spiro atoms. The Morgan fingerprint density at radius 1 is 0.533 bits per heavy atom. The minimum absolute atomic E-state index is 0.678. The van der Waals surface area contributed by atoms with Crippen LogP contribution >= 0.6 is 0 Å². The van der Waals surface area contributed by atoms with E-state index in [2.05, 4.69) is 53.4 Å². The van der Waals surface area contributed by atoms with Crippen molar-refractivity contribution < 1.29 is 10.2 Å². The summed E-state index contributed by atoms with van der Waals surface area (Å²) in [6.07, 6.45) is 13.4. The van der Waals surface area contributed by atoms with E-state index >= 15 is 0 Å². The maximum atomic E-state index is 10.6. The zero-order valence-electron chi connectivity index (χ0n) is 21.7. The maximum Gasteiger partial charge on any atom is 0.122 e. The number of rotatable bonds is 16. The molecule has 0 saturated heterocycles. The lowest BCUT2D eigenvalue weighted by molar-refractivity contribution is 0.0954. The summed E-state index contributed by atoms with van der Waals surface area (Å²) in [5.41, 5.74) is -2.02. The summed E-state index contributed by atoms with van der Waals surface area (Å²) in [5.74, 6) is 8.93. The molecule has 0 aliphatic heterocycles. The molecule has 0 aromatic carbocycles. The minimum Gasteiger partial charge on any atom is -0.378 e. The van der Waals surface area contributed by atoms with E-state index in [9.17, 15) is 10.2 Å². The largest absolute Gasteiger partial charge is 0.378 e. The van der Waals surface area contributed by atoms with E-state index in [-0.39, 0.29) is 0 Å². The van der Waals surface area contributed by atoms with Gasteiger partial charge in [-0.1, -0.05) is 105 Å². The van der Waals surface area contributed by atoms with Crippen LogP contribution in [0.4, 0.5) is 0 Å². The van der Waals surface area contributed by atoms with Crippen LogP contribution in [0.2, 0.25) is 0 Å². The highest BCUT2D eigenvalue weighted by molar-refractivity contribution is 5.19. The molecule has 4 atom stereocenters. The van der Waals surface area contributed by atoms with Crippen LogP contribution < -0.4 is 0 Å². The van der Waals surface area contributed by atoms with Gasteiger partial charge in [0.15, 0.2) is 0 Å². The van der Waals surface area contributed by atoms with E-state index in [1.807, 2.05) is 0 Å². The fourth-order valence-corrected chi connectivity index (χ4v) is 4.02. The molecule has 0 aromatic rings. The SMILES string of the molecule is CC(C)CCCC(C)CCCC(C)(O)C#CC(C)(O)CCCC(C)CCCC(C)C. The quantitative estimate of drug-likeness (QED) is 0.249. The van der Waals surface area contributed by atoms with Crippen LogP contribution in [0.3, 0.4) is 0 Å². The van der Waals surface area contributed by atoms with Gasteiger partial charge in [-0.3, -0.25) is 0 Å². The average molecular weight is 423 g/mol. The van der Waals surface area contributed by atoms with Crippen LogP contribution in [0.25, 0.3) is 0 Å². The summed E-state index contributed by atoms with van der Waals surface area (Å²) in [7, 11) is 0. The molecular weight excluding hydrogens is 368 g/mol. The van der Waals surface area contributed by atoms with Gasteiger partial charge in [-0.15, -0.1) is 0 Å². The zero-order chi connectivity index (χ0) is 23.2. The van der Waals surface area contributed by atoms with Crippen molar-refractivity contribution >= 4 is 0 Å². The molecule has 0 saturated carbocycles. The predicted octanol–water partition coefficient (Wildman–Crippen LogP) is 7.76. The molecule has 30 heavy (non-hydrogen) atoms. The molecule has 0 fully saturated rings. The molecular formula is C28H54O2. The van der Waals surface area contributed by atoms with Gasteiger partial charge >= 0.3 is 0 Å². The van der Waals surface area contributed by atoms with Crippen LogP contribution in [0.1, 0.15) is 132 Å². The molecule has 0 bridgehead atoms. The second kappa shape index (κ2) is 15.3. The standard InChI is InChI=1S/C28H54O2/c1-23(2)13-9-15-25(5)17-11-19-27(7,29)21-22-28(8,30)20-12-18-26(6)16-10-14-24(3)4/h23-26,29-30H,9-20H2,1-8H3. The third kappa shape index (κ3) is 18.3. The fourth-order valence-electron chi connectivity index (χ4n) is 4.02. The molecule has 2 N–H and O–H groups in total. The molecule has 4 unspecified atom stereocenters. The van der Waals surface area contributed by atoms with E-state index in [1.54, 1.807) is 13.8 Å². The van der Waals surface area contributed by atoms with Crippen molar-refractivity contribution in [2.75, 3.05) is 0 Å². The first-order chi connectivity index (χ1) is 13.8. The Morgan fingerprint density at radius 3 is 1.13 bits per heavy atom. The zero-order valence-corrected chi connectivity index (χ0v) is 21.7. The van der Waals surface area contributed by atoms with Crippen molar-refractivity contribution in [1.82, 2.24) is 0 Å². The summed E-state index contributed by atoms with van der Waals surface area (Å²) in [6, 6.07) is 0. The van der Waals surface area contributed by atoms with Crippen molar-refractivity contribution in [3.8, 4) is 11.8 Å². The van der Waals surface area contributed by atoms with Gasteiger partial charge in [-0.25, -0.2) is 0 Å². The third-order valence-electron chi connectivity index (χ3n) is 6.28. The Kier molecular flexibility index (Phi) is 15.0. The van der Waals surface area contributed by atoms with Crippen molar-refractivity contribution in [2.24, 2.45) is 23.7 Å². The van der Waals surface area contributed by atoms with Crippen molar-refractivity contribution in [1.29, 1.82) is 0 Å². The van der Waals surface area contributed by atoms with Gasteiger partial charge in [0.2, 0.25) is 0 Å². The molecule has 0 aliphatic carbocycles. The van der Waals surface area contributed by atoms with Gasteiger partial charge < -0.3 is 10.2 Å². The lowest BCUT2D eigenvalue weighted by Crippen LogP contribution is -2.26. The lowest BCUT2D eigenvalue weighted by atomic mass is 9.90. The van der Waals surface area contributed by atoms with Crippen LogP contribution in [-0.2, 0) is 0 Å². The number of hydrogen-bond acceptors (Lipinski definition) is 2. The van der Waals surface area contributed by atoms with Crippen LogP contribution in [-0.4, -0.2) is 21.4 Å². The molecule has 0 amide bonds. The van der Waals surface area contributed by atoms with E-state index < -0.39 is 11.2 Å². The Bertz CT molecular complexity index is 437. The van der Waals surface area contributed by atoms with Gasteiger partial charge in [0.25, 0.3) is 0 Å². The summed E-state index contributed by atoms with van der Waals surface area (Å²) in [5, 5.41) is 21.2. The van der Waals surface area contributed by atoms with E-state index in [4.69, 9.17) is 0 Å². The van der Waals surface area contributed by atoms with Gasteiger partial charge in [0.1, 0.15) is 11.2 Å². The van der Waals surface area contributed by atoms with Crippen molar-refractivity contribution in [3.05, 3.63) is 0 Å². The average Bonchev–Trinajstić information content (AvgIpc) is 2.59. The Labute approximate surface area is 189 Å². The number of hydrogen-bond donors (Lipinski definition) is 2. The van der Waals surface area contributed by atoms with Crippen LogP contribution in [0.15, 0.2) is 0 Å². The topological polar surface area (TPSA) is 40.5 Å². The van der Waals surface area contributed by atoms with E-state index in [1.165, 1.54) is 38.5 Å². The Balaban J connectivity index is 4.19. The highest BCUT2D eigenvalue weighted by Crippen LogP contribution is 2.23. The molecule has 0 aliphatic rings. The maximum absolute atomic E-state index is 10.6. The molecule has 2 nitrogen and oxygen atoms in total. The fraction of sp³-hybridized carbons (Fsp3) is 0.929. The summed E-state index contributed by atoms with van der Waals surface area (Å²) in [6.45, 7) is 17.3. The lowest BCUT2D eigenvalue weighted by Gasteiger charge is -2.21. The van der Waals surface area contributed by atoms with Crippen LogP contribution in [0, 0.1) is 35.5 Å². The van der Waals surface area contributed by atoms with Gasteiger partial charge in [0, 0.05) is 0 Å². The second-order valence-corrected chi connectivity index (χ2v) is 11.4. The van der Waals surface area contributed by atoms with Gasteiger partial charge in [0.05, 0.1) is 0 Å². The predicted molar refractivity (Wildman–Crippen MR) is 132 cm³/mol. The first kappa shape index (κ1) is 29.5. The van der Waals surface area contributed by atoms with Gasteiger partial charge in [-0.2, -0.15) is 0 Å². The van der Waals surface area contributed by atoms with Crippen molar-refractivity contribution in [2.45, 2.75) is 144 Å². The molecule has 178 valence electrons. The smallest absolute Gasteiger partial charge is 0.122 e. The van der Waals surface area contributed by atoms with Crippen LogP contribution in [0.5, 0.6) is 0 Å². The Morgan fingerprint density at radius 2 is 0.833 bits per heavy atom. The second-order valence-electron chi connectivity index (χ2n) is 11.4. The summed E-state index contributed by atoms with van der Waals surface area (Å²) < 4.78 is 0. The van der Waals surface area contributed by atoms with E-state index in [0.29, 0.717) is 24.7 Å². The summed E-state index contributed by atoms with van der Waals surface area (Å²) >= 11 is 0. The molecule has 2 heteroatoms. The first-order valence-electron chi connectivity index (χ1n) is 12.8. The Hall–Kier alpha value is -0.520. The molecule has 0 rings (SSSR count). The van der Waals surface area contributed by atoms with E-state index in [0.717, 1.165) is 37.5 Å². The normalized spacial score (nSPS) is 17.9. The van der Waals surface area contributed by atoms with Crippen molar-refractivity contribution in [3.63, 3.8) is 0 Å². The summed E-state index contributed by atoms with van der Waals surface area (Å²) in [4.78, 5) is 0. The first-order valence-corrected chi connectivity index (χ1v) is 12.8. The monoisotopic (exact) mass is 422 g/mol.